The van der Waals surface area contributed by atoms with Crippen molar-refractivity contribution in [2.24, 2.45) is 12.2 Å². The first kappa shape index (κ1) is 25.6. The van der Waals surface area contributed by atoms with Crippen LogP contribution in [0.1, 0.15) is 51.8 Å². The summed E-state index contributed by atoms with van der Waals surface area (Å²) in [5, 5.41) is 12.8. The van der Waals surface area contributed by atoms with E-state index < -0.39 is 22.0 Å². The number of carbonyl (C=O) groups is 2. The summed E-state index contributed by atoms with van der Waals surface area (Å²) < 4.78 is 25.5. The molecule has 36 heavy (non-hydrogen) atoms. The lowest BCUT2D eigenvalue weighted by Crippen LogP contribution is -2.46. The highest BCUT2D eigenvalue weighted by Crippen LogP contribution is 2.29. The van der Waals surface area contributed by atoms with Gasteiger partial charge in [0.15, 0.2) is 15.9 Å². The number of nitrogens with one attached hydrogen (secondary N) is 1. The van der Waals surface area contributed by atoms with Crippen molar-refractivity contribution in [3.8, 4) is 12.3 Å². The maximum atomic E-state index is 13.8. The van der Waals surface area contributed by atoms with Gasteiger partial charge in [-0.15, -0.1) is 17.8 Å². The van der Waals surface area contributed by atoms with Gasteiger partial charge in [-0.2, -0.15) is 5.10 Å². The number of nitrogens with two attached hydrogens (primary N) is 1. The molecule has 0 radical (unpaired) electrons. The molecule has 3 N–H and O–H groups in total. The van der Waals surface area contributed by atoms with Crippen LogP contribution in [0, 0.1) is 19.3 Å². The lowest BCUT2D eigenvalue weighted by atomic mass is 10.0. The van der Waals surface area contributed by atoms with Gasteiger partial charge in [0, 0.05) is 31.4 Å². The molecule has 1 unspecified atom stereocenters. The minimum absolute atomic E-state index is 0.0385. The molecule has 2 heterocycles. The number of amides is 2. The highest BCUT2D eigenvalue weighted by molar-refractivity contribution is 7.91. The van der Waals surface area contributed by atoms with Gasteiger partial charge in [-0.25, -0.2) is 18.5 Å². The van der Waals surface area contributed by atoms with Crippen LogP contribution in [0.4, 0.5) is 0 Å². The van der Waals surface area contributed by atoms with Crippen LogP contribution in [0.2, 0.25) is 0 Å². The van der Waals surface area contributed by atoms with E-state index in [1.807, 2.05) is 12.1 Å². The first-order chi connectivity index (χ1) is 17.1. The Balaban J connectivity index is 1.76. The molecule has 3 aromatic rings. The summed E-state index contributed by atoms with van der Waals surface area (Å²) in [5.41, 5.74) is 3.65. The Hall–Kier alpha value is -3.53. The molecule has 1 aromatic carbocycles. The Labute approximate surface area is 213 Å². The Morgan fingerprint density at radius 3 is 2.58 bits per heavy atom. The minimum Gasteiger partial charge on any atom is -0.351 e. The van der Waals surface area contributed by atoms with E-state index in [1.54, 1.807) is 37.0 Å². The predicted octanol–water partition coefficient (Wildman–Crippen LogP) is 1.52. The lowest BCUT2D eigenvalue weighted by Gasteiger charge is -2.30. The van der Waals surface area contributed by atoms with E-state index in [2.05, 4.69) is 21.3 Å². The van der Waals surface area contributed by atoms with Crippen LogP contribution in [0.3, 0.4) is 0 Å². The summed E-state index contributed by atoms with van der Waals surface area (Å²) in [5.74, 6) is 1.45. The van der Waals surface area contributed by atoms with Crippen molar-refractivity contribution in [2.45, 2.75) is 42.5 Å². The summed E-state index contributed by atoms with van der Waals surface area (Å²) in [7, 11) is -2.47. The average molecular weight is 527 g/mol. The number of terminal acetylenes is 1. The maximum absolute atomic E-state index is 13.8. The van der Waals surface area contributed by atoms with Crippen molar-refractivity contribution in [3.05, 3.63) is 64.1 Å². The lowest BCUT2D eigenvalue weighted by molar-refractivity contribution is -0.126. The second-order valence-corrected chi connectivity index (χ2v) is 11.3. The minimum atomic E-state index is -4.20. The molecule has 1 saturated carbocycles. The number of hydrogen-bond donors (Lipinski definition) is 2. The van der Waals surface area contributed by atoms with Gasteiger partial charge in [0.05, 0.1) is 11.2 Å². The molecule has 2 aromatic heterocycles. The fourth-order valence-corrected chi connectivity index (χ4v) is 5.48. The van der Waals surface area contributed by atoms with Crippen LogP contribution in [0.15, 0.2) is 40.2 Å². The maximum Gasteiger partial charge on any atom is 0.275 e. The third-order valence-corrected chi connectivity index (χ3v) is 8.13. The molecule has 4 rings (SSSR count). The average Bonchev–Trinajstić information content (AvgIpc) is 3.36. The summed E-state index contributed by atoms with van der Waals surface area (Å²) in [6.07, 6.45) is 9.29. The highest BCUT2D eigenvalue weighted by atomic mass is 32.2. The second-order valence-electron chi connectivity index (χ2n) is 8.68. The molecule has 12 heteroatoms. The molecule has 0 spiro atoms. The van der Waals surface area contributed by atoms with E-state index in [4.69, 9.17) is 11.6 Å². The normalized spacial score (nSPS) is 14.2. The van der Waals surface area contributed by atoms with Gasteiger partial charge >= 0.3 is 0 Å². The van der Waals surface area contributed by atoms with Gasteiger partial charge in [-0.3, -0.25) is 14.3 Å². The predicted molar refractivity (Wildman–Crippen MR) is 134 cm³/mol. The summed E-state index contributed by atoms with van der Waals surface area (Å²) in [4.78, 5) is 32.7. The molecule has 10 nitrogen and oxygen atoms in total. The van der Waals surface area contributed by atoms with Crippen LogP contribution in [-0.2, 0) is 28.3 Å². The highest BCUT2D eigenvalue weighted by Gasteiger charge is 2.39. The fraction of sp³-hybridized carbons (Fsp3) is 0.333. The Bertz CT molecular complexity index is 1430. The number of primary sulfonamides is 1. The molecule has 1 aliphatic rings. The van der Waals surface area contributed by atoms with Crippen LogP contribution in [0.25, 0.3) is 0 Å². The number of nitrogens with zero attached hydrogens (tertiary/aromatic N) is 4. The van der Waals surface area contributed by atoms with Crippen molar-refractivity contribution >= 4 is 33.2 Å². The second kappa shape index (κ2) is 10.2. The summed E-state index contributed by atoms with van der Waals surface area (Å²) in [6.45, 7) is 1.90. The van der Waals surface area contributed by atoms with Crippen molar-refractivity contribution in [3.63, 3.8) is 0 Å². The fourth-order valence-electron chi connectivity index (χ4n) is 3.90. The zero-order valence-electron chi connectivity index (χ0n) is 19.8. The number of rotatable bonds is 9. The zero-order chi connectivity index (χ0) is 26.0. The first-order valence-corrected chi connectivity index (χ1v) is 13.6. The Morgan fingerprint density at radius 2 is 2.03 bits per heavy atom. The number of benzene rings is 1. The Kier molecular flexibility index (Phi) is 7.26. The van der Waals surface area contributed by atoms with Gasteiger partial charge in [-0.1, -0.05) is 18.1 Å². The zero-order valence-corrected chi connectivity index (χ0v) is 21.5. The van der Waals surface area contributed by atoms with Gasteiger partial charge < -0.3 is 10.2 Å². The number of hydrogen-bond acceptors (Lipinski definition) is 7. The SMILES string of the molecule is C#Cc1ccc(CCN(C(=O)c2ncsc2S(N)(=O)=O)C(C(=O)NC2CC2)c2nn(C)cc2C)cc1. The number of carbonyl (C=O) groups excluding carboxylic acids is 2. The molecule has 1 aliphatic carbocycles. The van der Waals surface area contributed by atoms with Crippen molar-refractivity contribution < 1.29 is 18.0 Å². The first-order valence-electron chi connectivity index (χ1n) is 11.2. The van der Waals surface area contributed by atoms with Gasteiger partial charge in [0.25, 0.3) is 5.91 Å². The van der Waals surface area contributed by atoms with E-state index in [-0.39, 0.29) is 28.4 Å². The van der Waals surface area contributed by atoms with E-state index in [1.165, 1.54) is 10.4 Å². The third-order valence-electron chi connectivity index (χ3n) is 5.81. The molecule has 188 valence electrons. The molecule has 0 aliphatic heterocycles. The summed E-state index contributed by atoms with van der Waals surface area (Å²) >= 11 is 0.754. The van der Waals surface area contributed by atoms with Gasteiger partial charge in [0.1, 0.15) is 0 Å². The monoisotopic (exact) mass is 526 g/mol. The van der Waals surface area contributed by atoms with Crippen molar-refractivity contribution in [2.75, 3.05) is 6.54 Å². The van der Waals surface area contributed by atoms with Crippen LogP contribution in [0.5, 0.6) is 0 Å². The molecular formula is C24H26N6O4S2. The molecule has 1 fully saturated rings. The number of aromatic nitrogens is 3. The largest absolute Gasteiger partial charge is 0.351 e. The third kappa shape index (κ3) is 5.64. The van der Waals surface area contributed by atoms with Crippen molar-refractivity contribution in [1.29, 1.82) is 0 Å². The summed E-state index contributed by atoms with van der Waals surface area (Å²) in [6, 6.07) is 6.22. The molecule has 1 atom stereocenters. The topological polar surface area (TPSA) is 140 Å². The molecular weight excluding hydrogens is 500 g/mol. The smallest absolute Gasteiger partial charge is 0.275 e. The van der Waals surface area contributed by atoms with Crippen LogP contribution >= 0.6 is 11.3 Å². The van der Waals surface area contributed by atoms with E-state index in [0.29, 0.717) is 12.1 Å². The quantitative estimate of drug-likeness (QED) is 0.405. The van der Waals surface area contributed by atoms with E-state index >= 15 is 0 Å². The van der Waals surface area contributed by atoms with Crippen LogP contribution < -0.4 is 10.5 Å². The molecule has 0 saturated heterocycles. The number of sulfonamides is 1. The van der Waals surface area contributed by atoms with E-state index in [9.17, 15) is 18.0 Å². The molecule has 2 amide bonds. The van der Waals surface area contributed by atoms with E-state index in [0.717, 1.165) is 40.9 Å². The number of thiazole rings is 1. The van der Waals surface area contributed by atoms with Gasteiger partial charge in [0.2, 0.25) is 15.9 Å². The number of aryl methyl sites for hydroxylation is 2. The Morgan fingerprint density at radius 1 is 1.33 bits per heavy atom. The van der Waals surface area contributed by atoms with Crippen molar-refractivity contribution in [1.82, 2.24) is 25.0 Å². The standard InChI is InChI=1S/C24H26N6O4S2/c1-4-16-5-7-17(8-6-16)11-12-30(23(32)20-24(35-14-26-20)36(25,33)34)21(22(31)27-18-9-10-18)19-15(2)13-29(3)28-19/h1,5-8,13-14,18,21H,9-12H2,2-3H3,(H,27,31)(H2,25,33,34). The molecule has 0 bridgehead atoms. The van der Waals surface area contributed by atoms with Crippen LogP contribution in [-0.4, -0.2) is 52.5 Å². The van der Waals surface area contributed by atoms with Gasteiger partial charge in [-0.05, 0) is 49.4 Å².